The number of nitriles is 1. The zero-order chi connectivity index (χ0) is 26.5. The molecular formula is C29H25N9. The Morgan fingerprint density at radius 1 is 0.974 bits per heavy atom. The molecule has 0 aliphatic rings. The van der Waals surface area contributed by atoms with Gasteiger partial charge in [0, 0.05) is 17.7 Å². The van der Waals surface area contributed by atoms with Crippen LogP contribution in [0.4, 0.5) is 17.3 Å². The number of anilines is 2. The van der Waals surface area contributed by atoms with Gasteiger partial charge in [0.2, 0.25) is 0 Å². The van der Waals surface area contributed by atoms with Crippen LogP contribution in [0.3, 0.4) is 0 Å². The highest BCUT2D eigenvalue weighted by Crippen LogP contribution is 2.28. The van der Waals surface area contributed by atoms with Gasteiger partial charge in [-0.2, -0.15) is 15.4 Å². The minimum absolute atomic E-state index is 0.194. The highest BCUT2D eigenvalue weighted by Gasteiger charge is 2.15. The molecule has 0 saturated heterocycles. The van der Waals surface area contributed by atoms with E-state index in [9.17, 15) is 5.26 Å². The maximum atomic E-state index is 9.31. The lowest BCUT2D eigenvalue weighted by atomic mass is 9.97. The Bertz CT molecular complexity index is 1650. The van der Waals surface area contributed by atoms with Crippen LogP contribution in [0, 0.1) is 18.3 Å². The Hall–Kier alpha value is -5.49. The van der Waals surface area contributed by atoms with Crippen molar-refractivity contribution in [2.75, 3.05) is 11.1 Å². The molecule has 5 rings (SSSR count). The van der Waals surface area contributed by atoms with Gasteiger partial charge in [0.05, 0.1) is 17.6 Å². The van der Waals surface area contributed by atoms with Gasteiger partial charge in [0.1, 0.15) is 17.5 Å². The SMILES string of the molecule is Cc1cccc(-n2ncc(C#N)c2N)c1Cc1ccccc1NC(N)=Nc1ccc(-c2ccccc2)nn1. The van der Waals surface area contributed by atoms with E-state index >= 15 is 0 Å². The first-order valence-corrected chi connectivity index (χ1v) is 11.9. The van der Waals surface area contributed by atoms with E-state index in [0.29, 0.717) is 23.6 Å². The number of benzene rings is 3. The van der Waals surface area contributed by atoms with Crippen LogP contribution in [-0.2, 0) is 6.42 Å². The second-order valence-electron chi connectivity index (χ2n) is 8.64. The fraction of sp³-hybridized carbons (Fsp3) is 0.0690. The second kappa shape index (κ2) is 10.6. The summed E-state index contributed by atoms with van der Waals surface area (Å²) < 4.78 is 1.60. The monoisotopic (exact) mass is 499 g/mol. The van der Waals surface area contributed by atoms with Crippen LogP contribution < -0.4 is 16.8 Å². The van der Waals surface area contributed by atoms with E-state index in [1.54, 1.807) is 10.7 Å². The first-order chi connectivity index (χ1) is 18.5. The van der Waals surface area contributed by atoms with Gasteiger partial charge in [0.25, 0.3) is 0 Å². The van der Waals surface area contributed by atoms with Crippen molar-refractivity contribution < 1.29 is 0 Å². The van der Waals surface area contributed by atoms with Gasteiger partial charge >= 0.3 is 0 Å². The molecule has 0 spiro atoms. The highest BCUT2D eigenvalue weighted by atomic mass is 15.3. The zero-order valence-corrected chi connectivity index (χ0v) is 20.7. The quantitative estimate of drug-likeness (QED) is 0.226. The third kappa shape index (κ3) is 5.05. The summed E-state index contributed by atoms with van der Waals surface area (Å²) in [5.74, 6) is 0.900. The van der Waals surface area contributed by atoms with Gasteiger partial charge < -0.3 is 16.8 Å². The first kappa shape index (κ1) is 24.2. The number of hydrogen-bond acceptors (Lipinski definition) is 6. The minimum atomic E-state index is 0.194. The molecule has 0 saturated carbocycles. The van der Waals surface area contributed by atoms with Crippen molar-refractivity contribution in [3.8, 4) is 23.0 Å². The molecule has 0 bridgehead atoms. The molecule has 38 heavy (non-hydrogen) atoms. The summed E-state index contributed by atoms with van der Waals surface area (Å²) in [7, 11) is 0. The Morgan fingerprint density at radius 3 is 2.50 bits per heavy atom. The number of guanidine groups is 1. The molecule has 9 nitrogen and oxygen atoms in total. The summed E-state index contributed by atoms with van der Waals surface area (Å²) in [4.78, 5) is 4.39. The maximum Gasteiger partial charge on any atom is 0.199 e. The zero-order valence-electron chi connectivity index (χ0n) is 20.7. The summed E-state index contributed by atoms with van der Waals surface area (Å²) in [5, 5.41) is 25.3. The lowest BCUT2D eigenvalue weighted by Crippen LogP contribution is -2.23. The van der Waals surface area contributed by atoms with Gasteiger partial charge in [-0.05, 0) is 47.9 Å². The molecule has 9 heteroatoms. The number of rotatable bonds is 6. The molecule has 5 aromatic rings. The van der Waals surface area contributed by atoms with Crippen molar-refractivity contribution in [2.45, 2.75) is 13.3 Å². The van der Waals surface area contributed by atoms with E-state index in [0.717, 1.165) is 39.3 Å². The van der Waals surface area contributed by atoms with Crippen molar-refractivity contribution in [3.05, 3.63) is 113 Å². The fourth-order valence-electron chi connectivity index (χ4n) is 4.18. The lowest BCUT2D eigenvalue weighted by Gasteiger charge is -2.16. The number of aliphatic imine (C=N–C) groups is 1. The van der Waals surface area contributed by atoms with E-state index in [2.05, 4.69) is 31.7 Å². The van der Waals surface area contributed by atoms with Crippen LogP contribution in [0.25, 0.3) is 16.9 Å². The molecule has 0 atom stereocenters. The molecule has 186 valence electrons. The number of hydrogen-bond donors (Lipinski definition) is 3. The topological polar surface area (TPSA) is 144 Å². The van der Waals surface area contributed by atoms with Gasteiger partial charge in [0.15, 0.2) is 11.8 Å². The van der Waals surface area contributed by atoms with E-state index in [1.165, 1.54) is 6.20 Å². The summed E-state index contributed by atoms with van der Waals surface area (Å²) in [6, 6.07) is 29.3. The maximum absolute atomic E-state index is 9.31. The van der Waals surface area contributed by atoms with Crippen LogP contribution >= 0.6 is 0 Å². The van der Waals surface area contributed by atoms with Crippen LogP contribution in [-0.4, -0.2) is 25.9 Å². The molecule has 2 aromatic heterocycles. The highest BCUT2D eigenvalue weighted by molar-refractivity contribution is 5.94. The molecular weight excluding hydrogens is 474 g/mol. The standard InChI is InChI=1S/C29H25N9/c1-19-8-7-13-26(38-28(31)22(17-30)18-33-38)23(19)16-21-11-5-6-12-24(21)34-29(32)35-27-15-14-25(36-37-27)20-9-3-2-4-10-20/h2-15,18H,16,31H2,1H3,(H3,32,34,35,37). The number of aryl methyl sites for hydroxylation is 1. The largest absolute Gasteiger partial charge is 0.382 e. The summed E-state index contributed by atoms with van der Waals surface area (Å²) in [6.45, 7) is 2.04. The third-order valence-electron chi connectivity index (χ3n) is 6.14. The molecule has 5 N–H and O–H groups in total. The van der Waals surface area contributed by atoms with Gasteiger partial charge in [-0.1, -0.05) is 60.7 Å². The Kier molecular flexibility index (Phi) is 6.78. The first-order valence-electron chi connectivity index (χ1n) is 11.9. The van der Waals surface area contributed by atoms with E-state index in [-0.39, 0.29) is 5.96 Å². The van der Waals surface area contributed by atoms with E-state index < -0.39 is 0 Å². The van der Waals surface area contributed by atoms with Crippen molar-refractivity contribution in [2.24, 2.45) is 10.7 Å². The molecule has 3 aromatic carbocycles. The molecule has 0 amide bonds. The van der Waals surface area contributed by atoms with Crippen LogP contribution in [0.1, 0.15) is 22.3 Å². The number of para-hydroxylation sites is 1. The Balaban J connectivity index is 1.40. The van der Waals surface area contributed by atoms with Crippen molar-refractivity contribution in [3.63, 3.8) is 0 Å². The van der Waals surface area contributed by atoms with Gasteiger partial charge in [-0.25, -0.2) is 4.68 Å². The number of nitrogen functional groups attached to an aromatic ring is 1. The molecule has 0 unspecified atom stereocenters. The van der Waals surface area contributed by atoms with E-state index in [4.69, 9.17) is 11.5 Å². The smallest absolute Gasteiger partial charge is 0.199 e. The van der Waals surface area contributed by atoms with Crippen LogP contribution in [0.15, 0.2) is 96.1 Å². The van der Waals surface area contributed by atoms with Crippen molar-refractivity contribution >= 4 is 23.3 Å². The minimum Gasteiger partial charge on any atom is -0.382 e. The number of aromatic nitrogens is 4. The normalized spacial score (nSPS) is 11.2. The molecule has 0 aliphatic carbocycles. The third-order valence-corrected chi connectivity index (χ3v) is 6.14. The van der Waals surface area contributed by atoms with Crippen LogP contribution in [0.5, 0.6) is 0 Å². The summed E-state index contributed by atoms with van der Waals surface area (Å²) in [6.07, 6.45) is 2.05. The molecule has 0 aliphatic heterocycles. The van der Waals surface area contributed by atoms with Crippen LogP contribution in [0.2, 0.25) is 0 Å². The predicted molar refractivity (Wildman–Crippen MR) is 149 cm³/mol. The number of nitrogens with zero attached hydrogens (tertiary/aromatic N) is 6. The number of nitrogens with two attached hydrogens (primary N) is 2. The van der Waals surface area contributed by atoms with Gasteiger partial charge in [-0.3, -0.25) is 0 Å². The summed E-state index contributed by atoms with van der Waals surface area (Å²) in [5.41, 5.74) is 19.2. The van der Waals surface area contributed by atoms with E-state index in [1.807, 2.05) is 85.8 Å². The molecule has 2 heterocycles. The predicted octanol–water partition coefficient (Wildman–Crippen LogP) is 4.74. The fourth-order valence-corrected chi connectivity index (χ4v) is 4.18. The molecule has 0 fully saturated rings. The number of nitrogens with one attached hydrogen (secondary N) is 1. The second-order valence-corrected chi connectivity index (χ2v) is 8.64. The lowest BCUT2D eigenvalue weighted by molar-refractivity contribution is 0.873. The van der Waals surface area contributed by atoms with Crippen molar-refractivity contribution in [1.29, 1.82) is 5.26 Å². The Labute approximate surface area is 220 Å². The van der Waals surface area contributed by atoms with Gasteiger partial charge in [-0.15, -0.1) is 10.2 Å². The Morgan fingerprint density at radius 2 is 1.76 bits per heavy atom. The summed E-state index contributed by atoms with van der Waals surface area (Å²) >= 11 is 0. The average Bonchev–Trinajstić information content (AvgIpc) is 3.31. The average molecular weight is 500 g/mol. The van der Waals surface area contributed by atoms with Crippen molar-refractivity contribution in [1.82, 2.24) is 20.0 Å². The molecule has 0 radical (unpaired) electrons.